The second-order valence-corrected chi connectivity index (χ2v) is 4.38. The third kappa shape index (κ3) is 8.59. The largest absolute Gasteiger partial charge is 0.385 e. The van der Waals surface area contributed by atoms with E-state index >= 15 is 0 Å². The zero-order valence-corrected chi connectivity index (χ0v) is 10.9. The highest BCUT2D eigenvalue weighted by molar-refractivity contribution is 9.11. The molecule has 0 saturated heterocycles. The number of rotatable bonds is 8. The van der Waals surface area contributed by atoms with E-state index in [4.69, 9.17) is 4.74 Å². The summed E-state index contributed by atoms with van der Waals surface area (Å²) >= 11 is 3.22. The zero-order chi connectivity index (χ0) is 11.7. The van der Waals surface area contributed by atoms with Gasteiger partial charge in [-0.1, -0.05) is 22.5 Å². The summed E-state index contributed by atoms with van der Waals surface area (Å²) in [4.78, 5) is 11.5. The molecular weight excluding hydrogens is 260 g/mol. The highest BCUT2D eigenvalue weighted by atomic mass is 79.9. The normalized spacial score (nSPS) is 12.2. The summed E-state index contributed by atoms with van der Waals surface area (Å²) < 4.78 is 5.71. The molecule has 2 N–H and O–H groups in total. The number of carbonyl (C=O) groups excluding carboxylic acids is 1. The summed E-state index contributed by atoms with van der Waals surface area (Å²) in [6, 6.07) is -0.207. The van der Waals surface area contributed by atoms with E-state index < -0.39 is 0 Å². The molecule has 0 aliphatic rings. The van der Waals surface area contributed by atoms with Crippen molar-refractivity contribution >= 4 is 21.8 Å². The van der Waals surface area contributed by atoms with Crippen molar-refractivity contribution in [2.45, 2.75) is 19.4 Å². The van der Waals surface area contributed by atoms with Gasteiger partial charge in [-0.15, -0.1) is 0 Å². The number of carbonyl (C=O) groups is 1. The van der Waals surface area contributed by atoms with Crippen molar-refractivity contribution in [3.05, 3.63) is 11.1 Å². The van der Waals surface area contributed by atoms with Gasteiger partial charge in [0, 0.05) is 31.3 Å². The highest BCUT2D eigenvalue weighted by Gasteiger charge is 2.10. The van der Waals surface area contributed by atoms with E-state index in [-0.39, 0.29) is 11.9 Å². The van der Waals surface area contributed by atoms with E-state index in [1.165, 1.54) is 0 Å². The van der Waals surface area contributed by atoms with Crippen LogP contribution in [0.2, 0.25) is 0 Å². The second-order valence-electron chi connectivity index (χ2n) is 3.26. The van der Waals surface area contributed by atoms with Gasteiger partial charge in [-0.3, -0.25) is 4.79 Å². The van der Waals surface area contributed by atoms with Crippen molar-refractivity contribution in [1.82, 2.24) is 10.6 Å². The smallest absolute Gasteiger partial charge is 0.236 e. The monoisotopic (exact) mass is 278 g/mol. The molecule has 1 atom stereocenters. The van der Waals surface area contributed by atoms with E-state index in [0.29, 0.717) is 19.7 Å². The lowest BCUT2D eigenvalue weighted by Gasteiger charge is -2.13. The fraction of sp³-hybridized carbons (Fsp3) is 0.700. The van der Waals surface area contributed by atoms with Gasteiger partial charge in [0.1, 0.15) is 0 Å². The van der Waals surface area contributed by atoms with Crippen molar-refractivity contribution in [2.75, 3.05) is 26.8 Å². The van der Waals surface area contributed by atoms with Gasteiger partial charge in [0.15, 0.2) is 0 Å². The third-order valence-corrected chi connectivity index (χ3v) is 2.10. The Morgan fingerprint density at radius 1 is 1.60 bits per heavy atom. The minimum Gasteiger partial charge on any atom is -0.385 e. The average Bonchev–Trinajstić information content (AvgIpc) is 2.20. The number of nitrogens with one attached hydrogen (secondary N) is 2. The van der Waals surface area contributed by atoms with Gasteiger partial charge in [0.05, 0.1) is 6.04 Å². The molecule has 4 nitrogen and oxygen atoms in total. The van der Waals surface area contributed by atoms with Gasteiger partial charge in [-0.2, -0.15) is 0 Å². The Morgan fingerprint density at radius 3 is 2.80 bits per heavy atom. The highest BCUT2D eigenvalue weighted by Crippen LogP contribution is 1.97. The first kappa shape index (κ1) is 14.6. The minimum atomic E-state index is -0.207. The number of methoxy groups -OCH3 is 1. The Morgan fingerprint density at radius 2 is 2.27 bits per heavy atom. The third-order valence-electron chi connectivity index (χ3n) is 1.82. The van der Waals surface area contributed by atoms with Gasteiger partial charge in [-0.25, -0.2) is 0 Å². The Bertz CT molecular complexity index is 210. The van der Waals surface area contributed by atoms with Gasteiger partial charge in [0.25, 0.3) is 0 Å². The number of hydrogen-bond acceptors (Lipinski definition) is 3. The summed E-state index contributed by atoms with van der Waals surface area (Å²) in [7, 11) is 1.65. The molecule has 0 rings (SSSR count). The molecule has 1 amide bonds. The van der Waals surface area contributed by atoms with Crippen LogP contribution in [0, 0.1) is 0 Å². The van der Waals surface area contributed by atoms with Crippen LogP contribution in [0.15, 0.2) is 11.1 Å². The molecule has 15 heavy (non-hydrogen) atoms. The van der Waals surface area contributed by atoms with Crippen LogP contribution in [0.1, 0.15) is 13.3 Å². The maximum atomic E-state index is 11.5. The molecule has 0 aromatic heterocycles. The van der Waals surface area contributed by atoms with Gasteiger partial charge in [-0.05, 0) is 13.3 Å². The van der Waals surface area contributed by atoms with Gasteiger partial charge < -0.3 is 15.4 Å². The van der Waals surface area contributed by atoms with E-state index in [1.54, 1.807) is 7.11 Å². The van der Waals surface area contributed by atoms with E-state index in [2.05, 4.69) is 33.1 Å². The predicted octanol–water partition coefficient (Wildman–Crippen LogP) is 1.03. The summed E-state index contributed by atoms with van der Waals surface area (Å²) in [5.74, 6) is -0.000136. The predicted molar refractivity (Wildman–Crippen MR) is 65.0 cm³/mol. The van der Waals surface area contributed by atoms with Crippen molar-refractivity contribution in [3.63, 3.8) is 0 Å². The van der Waals surface area contributed by atoms with Crippen LogP contribution < -0.4 is 10.6 Å². The van der Waals surface area contributed by atoms with Crippen LogP contribution in [0.5, 0.6) is 0 Å². The summed E-state index contributed by atoms with van der Waals surface area (Å²) in [6.45, 7) is 7.40. The van der Waals surface area contributed by atoms with E-state index in [0.717, 1.165) is 10.9 Å². The van der Waals surface area contributed by atoms with Crippen LogP contribution in [0.3, 0.4) is 0 Å². The van der Waals surface area contributed by atoms with Gasteiger partial charge >= 0.3 is 0 Å². The van der Waals surface area contributed by atoms with Crippen LogP contribution in [-0.2, 0) is 9.53 Å². The Balaban J connectivity index is 3.55. The molecule has 0 spiro atoms. The molecular formula is C10H19BrN2O2. The summed E-state index contributed by atoms with van der Waals surface area (Å²) in [6.07, 6.45) is 0.833. The Kier molecular flexibility index (Phi) is 8.65. The van der Waals surface area contributed by atoms with Crippen LogP contribution >= 0.6 is 15.9 Å². The molecule has 0 heterocycles. The maximum Gasteiger partial charge on any atom is 0.236 e. The summed E-state index contributed by atoms with van der Waals surface area (Å²) in [5, 5.41) is 5.85. The molecule has 0 fully saturated rings. The first-order valence-electron chi connectivity index (χ1n) is 4.91. The molecule has 0 aromatic rings. The zero-order valence-electron chi connectivity index (χ0n) is 9.31. The number of ether oxygens (including phenoxy) is 1. The lowest BCUT2D eigenvalue weighted by atomic mass is 10.3. The summed E-state index contributed by atoms with van der Waals surface area (Å²) in [5.41, 5.74) is 0. The van der Waals surface area contributed by atoms with E-state index in [1.807, 2.05) is 6.92 Å². The van der Waals surface area contributed by atoms with Crippen molar-refractivity contribution in [1.29, 1.82) is 0 Å². The molecule has 0 radical (unpaired) electrons. The molecule has 0 aromatic carbocycles. The topological polar surface area (TPSA) is 50.4 Å². The molecule has 0 saturated carbocycles. The Hall–Kier alpha value is -0.390. The number of hydrogen-bond donors (Lipinski definition) is 2. The Labute approximate surface area is 99.6 Å². The molecule has 5 heteroatoms. The lowest BCUT2D eigenvalue weighted by Crippen LogP contribution is -2.42. The van der Waals surface area contributed by atoms with Crippen molar-refractivity contribution < 1.29 is 9.53 Å². The van der Waals surface area contributed by atoms with Crippen molar-refractivity contribution in [2.24, 2.45) is 0 Å². The first-order chi connectivity index (χ1) is 7.07. The SMILES string of the molecule is C=C(Br)CNC(C)C(=O)NCCCOC. The molecule has 0 bridgehead atoms. The molecule has 0 aliphatic heterocycles. The van der Waals surface area contributed by atoms with Crippen LogP contribution in [0.25, 0.3) is 0 Å². The van der Waals surface area contributed by atoms with Crippen molar-refractivity contribution in [3.8, 4) is 0 Å². The maximum absolute atomic E-state index is 11.5. The van der Waals surface area contributed by atoms with Gasteiger partial charge in [0.2, 0.25) is 5.91 Å². The quantitative estimate of drug-likeness (QED) is 0.652. The number of halogens is 1. The lowest BCUT2D eigenvalue weighted by molar-refractivity contribution is -0.122. The fourth-order valence-corrected chi connectivity index (χ4v) is 1.10. The molecule has 1 unspecified atom stereocenters. The number of amides is 1. The second kappa shape index (κ2) is 8.88. The molecule has 0 aliphatic carbocycles. The van der Waals surface area contributed by atoms with Crippen LogP contribution in [0.4, 0.5) is 0 Å². The van der Waals surface area contributed by atoms with Crippen LogP contribution in [-0.4, -0.2) is 38.8 Å². The fourth-order valence-electron chi connectivity index (χ4n) is 0.938. The molecule has 88 valence electrons. The minimum absolute atomic E-state index is 0.000136. The standard InChI is InChI=1S/C10H19BrN2O2/c1-8(11)7-13-9(2)10(14)12-5-4-6-15-3/h9,13H,1,4-7H2,2-3H3,(H,12,14). The first-order valence-corrected chi connectivity index (χ1v) is 5.70. The average molecular weight is 279 g/mol. The van der Waals surface area contributed by atoms with E-state index in [9.17, 15) is 4.79 Å².